The largest absolute Gasteiger partial charge is 0.444 e. The minimum atomic E-state index is -0.538. The van der Waals surface area contributed by atoms with Gasteiger partial charge in [0, 0.05) is 112 Å². The fraction of sp³-hybridized carbons (Fsp3) is 0.449. The van der Waals surface area contributed by atoms with Gasteiger partial charge in [0.2, 0.25) is 0 Å². The SMILES string of the molecule is Cn1c2c(c3c1-c1cc(-c4cccc(N5CCOCC5)c4)ncc1CC3)C(=O)NC1(CNC1)C2.Cn1c2c(c3c1-c1cc(Cl)ncc1CC3)C(=O)NC1(C2)CN(C(=O)OC(C)(C)C)C1. The first-order valence-electron chi connectivity index (χ1n) is 22.5. The Balaban J connectivity index is 0.000000144. The van der Waals surface area contributed by atoms with Crippen molar-refractivity contribution in [2.24, 2.45) is 14.1 Å². The molecule has 3 saturated heterocycles. The molecule has 1 aromatic carbocycles. The van der Waals surface area contributed by atoms with Gasteiger partial charge >= 0.3 is 6.09 Å². The number of aryl methyl sites for hydroxylation is 2. The lowest BCUT2D eigenvalue weighted by atomic mass is 9.80. The van der Waals surface area contributed by atoms with Gasteiger partial charge in [0.15, 0.2) is 0 Å². The zero-order chi connectivity index (χ0) is 44.3. The molecular weight excluding hydrogens is 830 g/mol. The Morgan fingerprint density at radius 3 is 2.00 bits per heavy atom. The van der Waals surface area contributed by atoms with Crippen molar-refractivity contribution in [3.05, 3.63) is 98.7 Å². The number of nitrogens with one attached hydrogen (secondary N) is 3. The third-order valence-corrected chi connectivity index (χ3v) is 14.5. The number of nitrogens with zero attached hydrogens (tertiary/aromatic N) is 6. The predicted molar refractivity (Wildman–Crippen MR) is 244 cm³/mol. The van der Waals surface area contributed by atoms with E-state index < -0.39 is 11.1 Å². The molecule has 15 heteroatoms. The van der Waals surface area contributed by atoms with Crippen LogP contribution < -0.4 is 20.9 Å². The number of pyridine rings is 2. The Bertz CT molecular complexity index is 2790. The second-order valence-corrected chi connectivity index (χ2v) is 20.1. The summed E-state index contributed by atoms with van der Waals surface area (Å²) in [4.78, 5) is 51.8. The number of halogens is 1. The van der Waals surface area contributed by atoms with E-state index in [1.54, 1.807) is 4.90 Å². The van der Waals surface area contributed by atoms with Gasteiger partial charge in [-0.25, -0.2) is 9.78 Å². The van der Waals surface area contributed by atoms with Crippen molar-refractivity contribution in [2.75, 3.05) is 57.4 Å². The predicted octanol–water partition coefficient (Wildman–Crippen LogP) is 5.43. The van der Waals surface area contributed by atoms with Crippen LogP contribution in [0, 0.1) is 0 Å². The number of rotatable bonds is 2. The lowest BCUT2D eigenvalue weighted by Gasteiger charge is -2.51. The van der Waals surface area contributed by atoms with E-state index in [1.165, 1.54) is 33.8 Å². The topological polar surface area (TPSA) is 148 Å². The van der Waals surface area contributed by atoms with Crippen LogP contribution in [0.4, 0.5) is 10.5 Å². The summed E-state index contributed by atoms with van der Waals surface area (Å²) in [6.07, 6.45) is 8.56. The van der Waals surface area contributed by atoms with Crippen molar-refractivity contribution in [1.82, 2.24) is 40.0 Å². The van der Waals surface area contributed by atoms with Crippen molar-refractivity contribution in [2.45, 2.75) is 76.0 Å². The van der Waals surface area contributed by atoms with Crippen LogP contribution in [0.5, 0.6) is 0 Å². The Labute approximate surface area is 377 Å². The van der Waals surface area contributed by atoms with Crippen LogP contribution >= 0.6 is 11.6 Å². The van der Waals surface area contributed by atoms with E-state index in [4.69, 9.17) is 26.1 Å². The first kappa shape index (κ1) is 41.0. The quantitative estimate of drug-likeness (QED) is 0.198. The number of ether oxygens (including phenoxy) is 2. The van der Waals surface area contributed by atoms with Crippen molar-refractivity contribution >= 4 is 35.2 Å². The zero-order valence-corrected chi connectivity index (χ0v) is 37.9. The molecule has 0 saturated carbocycles. The summed E-state index contributed by atoms with van der Waals surface area (Å²) in [5, 5.41) is 10.3. The molecule has 2 aliphatic carbocycles. The summed E-state index contributed by atoms with van der Waals surface area (Å²) < 4.78 is 15.4. The number of aromatic nitrogens is 4. The maximum atomic E-state index is 13.2. The van der Waals surface area contributed by atoms with Crippen molar-refractivity contribution in [3.8, 4) is 33.8 Å². The van der Waals surface area contributed by atoms with Crippen LogP contribution in [0.2, 0.25) is 5.15 Å². The molecule has 0 radical (unpaired) electrons. The maximum absolute atomic E-state index is 13.2. The third-order valence-electron chi connectivity index (χ3n) is 14.3. The fourth-order valence-electron chi connectivity index (χ4n) is 11.2. The number of benzene rings is 1. The van der Waals surface area contributed by atoms with Gasteiger partial charge < -0.3 is 44.4 Å². The molecule has 4 aromatic heterocycles. The number of hydrogen-bond acceptors (Lipinski definition) is 9. The van der Waals surface area contributed by atoms with Gasteiger partial charge in [0.1, 0.15) is 10.8 Å². The second kappa shape index (κ2) is 14.9. The number of hydrogen-bond donors (Lipinski definition) is 3. The summed E-state index contributed by atoms with van der Waals surface area (Å²) in [5.74, 6) is 0.0380. The molecule has 2 spiro atoms. The summed E-state index contributed by atoms with van der Waals surface area (Å²) >= 11 is 6.17. The molecule has 3 N–H and O–H groups in total. The Kier molecular flexibility index (Phi) is 9.57. The van der Waals surface area contributed by atoms with Crippen LogP contribution in [0.3, 0.4) is 0 Å². The first-order valence-corrected chi connectivity index (χ1v) is 22.9. The number of morpholine rings is 1. The number of carbonyl (C=O) groups is 3. The summed E-state index contributed by atoms with van der Waals surface area (Å²) in [6.45, 7) is 11.5. The van der Waals surface area contributed by atoms with E-state index in [2.05, 4.69) is 72.3 Å². The highest BCUT2D eigenvalue weighted by Crippen LogP contribution is 2.44. The fourth-order valence-corrected chi connectivity index (χ4v) is 11.3. The molecule has 12 rings (SSSR count). The Morgan fingerprint density at radius 1 is 0.797 bits per heavy atom. The van der Waals surface area contributed by atoms with Gasteiger partial charge in [-0.2, -0.15) is 0 Å². The molecule has 0 atom stereocenters. The molecule has 3 amide bonds. The highest BCUT2D eigenvalue weighted by atomic mass is 35.5. The van der Waals surface area contributed by atoms with Gasteiger partial charge in [-0.05, 0) is 93.0 Å². The standard InChI is InChI=1S/C27H29N5O2.C22H25ClN4O3/c1-31-23-13-27(15-28-16-27)30-26(33)24(23)20-6-5-18-14-29-22(12-21(18)25(20)31)17-3-2-4-19(11-17)32-7-9-34-10-8-32;1-21(2,3)30-20(29)27-10-22(11-27)8-15-17(19(28)25-22)13-6-5-12-9-24-16(23)7-14(12)18(13)26(15)4/h2-4,11-12,14,28H,5-10,13,15-16H2,1H3,(H,30,33);7,9H,5-6,8,10-11H2,1-4H3,(H,25,28). The number of anilines is 1. The van der Waals surface area contributed by atoms with Gasteiger partial charge in [-0.15, -0.1) is 0 Å². The van der Waals surface area contributed by atoms with E-state index in [0.29, 0.717) is 24.7 Å². The maximum Gasteiger partial charge on any atom is 0.410 e. The first-order chi connectivity index (χ1) is 30.7. The monoisotopic (exact) mass is 883 g/mol. The van der Waals surface area contributed by atoms with E-state index in [1.807, 2.05) is 46.3 Å². The lowest BCUT2D eigenvalue weighted by molar-refractivity contribution is -0.0170. The van der Waals surface area contributed by atoms with Crippen molar-refractivity contribution < 1.29 is 23.9 Å². The molecule has 9 heterocycles. The molecule has 5 aromatic rings. The molecule has 64 heavy (non-hydrogen) atoms. The highest BCUT2D eigenvalue weighted by molar-refractivity contribution is 6.29. The summed E-state index contributed by atoms with van der Waals surface area (Å²) in [6, 6.07) is 12.8. The normalized spacial score (nSPS) is 19.6. The van der Waals surface area contributed by atoms with E-state index >= 15 is 0 Å². The van der Waals surface area contributed by atoms with Gasteiger partial charge in [-0.1, -0.05) is 23.7 Å². The van der Waals surface area contributed by atoms with E-state index in [9.17, 15) is 14.4 Å². The highest BCUT2D eigenvalue weighted by Gasteiger charge is 2.52. The average Bonchev–Trinajstić information content (AvgIpc) is 3.72. The smallest absolute Gasteiger partial charge is 0.410 e. The zero-order valence-electron chi connectivity index (χ0n) is 37.1. The number of carbonyl (C=O) groups excluding carboxylic acids is 3. The molecule has 332 valence electrons. The van der Waals surface area contributed by atoms with Crippen LogP contribution in [0.1, 0.15) is 75.1 Å². The molecular formula is C49H54ClN9O5. The molecule has 14 nitrogen and oxygen atoms in total. The van der Waals surface area contributed by atoms with Gasteiger partial charge in [-0.3, -0.25) is 14.6 Å². The van der Waals surface area contributed by atoms with Crippen LogP contribution in [0.15, 0.2) is 48.8 Å². The summed E-state index contributed by atoms with van der Waals surface area (Å²) in [5.41, 5.74) is 15.3. The van der Waals surface area contributed by atoms with Crippen LogP contribution in [-0.2, 0) is 62.1 Å². The Hall–Kier alpha value is -5.70. The van der Waals surface area contributed by atoms with Crippen molar-refractivity contribution in [1.29, 1.82) is 0 Å². The number of fused-ring (bicyclic) bond motifs is 10. The molecule has 0 bridgehead atoms. The average molecular weight is 884 g/mol. The van der Waals surface area contributed by atoms with Gasteiger partial charge in [0.25, 0.3) is 11.8 Å². The molecule has 5 aliphatic heterocycles. The minimum Gasteiger partial charge on any atom is -0.444 e. The van der Waals surface area contributed by atoms with Crippen molar-refractivity contribution in [3.63, 3.8) is 0 Å². The molecule has 0 unspecified atom stereocenters. The number of amides is 3. The lowest BCUT2D eigenvalue weighted by Crippen LogP contribution is -2.74. The minimum absolute atomic E-state index is 0.0551. The van der Waals surface area contributed by atoms with E-state index in [0.717, 1.165) is 122 Å². The van der Waals surface area contributed by atoms with E-state index in [-0.39, 0.29) is 23.4 Å². The number of likely N-dealkylation sites (tertiary alicyclic amines) is 1. The van der Waals surface area contributed by atoms with Crippen LogP contribution in [-0.4, -0.2) is 111 Å². The molecule has 3 fully saturated rings. The second-order valence-electron chi connectivity index (χ2n) is 19.7. The molecule has 7 aliphatic rings. The Morgan fingerprint density at radius 2 is 1.39 bits per heavy atom. The summed E-state index contributed by atoms with van der Waals surface area (Å²) in [7, 11) is 4.14. The van der Waals surface area contributed by atoms with Crippen LogP contribution in [0.25, 0.3) is 33.8 Å². The third kappa shape index (κ3) is 6.78. The van der Waals surface area contributed by atoms with Gasteiger partial charge in [0.05, 0.1) is 52.5 Å².